The van der Waals surface area contributed by atoms with Crippen LogP contribution in [0, 0.1) is 11.8 Å². The molecule has 0 unspecified atom stereocenters. The van der Waals surface area contributed by atoms with Gasteiger partial charge < -0.3 is 19.9 Å². The largest absolute Gasteiger partial charge is 0.456 e. The number of likely N-dealkylation sites (N-methyl/N-ethyl adjacent to an activating group) is 2. The predicted molar refractivity (Wildman–Crippen MR) is 175 cm³/mol. The van der Waals surface area contributed by atoms with Crippen molar-refractivity contribution in [1.82, 2.24) is 20.0 Å². The number of fused-ring (bicyclic) bond motifs is 1. The zero-order valence-electron chi connectivity index (χ0n) is 28.4. The average molecular weight is 623 g/mol. The lowest BCUT2D eigenvalue weighted by Crippen LogP contribution is -2.57. The van der Waals surface area contributed by atoms with Crippen LogP contribution in [0.5, 0.6) is 0 Å². The number of hydrogen-bond acceptors (Lipinski definition) is 6. The molecule has 0 radical (unpaired) electrons. The summed E-state index contributed by atoms with van der Waals surface area (Å²) in [5, 5.41) is 3.05. The van der Waals surface area contributed by atoms with Gasteiger partial charge in [0, 0.05) is 19.2 Å². The molecule has 1 aromatic carbocycles. The van der Waals surface area contributed by atoms with Gasteiger partial charge in [-0.2, -0.15) is 0 Å². The van der Waals surface area contributed by atoms with Gasteiger partial charge in [0.15, 0.2) is 0 Å². The fourth-order valence-electron chi connectivity index (χ4n) is 7.15. The van der Waals surface area contributed by atoms with E-state index in [1.807, 2.05) is 59.0 Å². The van der Waals surface area contributed by atoms with Crippen molar-refractivity contribution < 1.29 is 23.9 Å². The maximum atomic E-state index is 13.9. The highest BCUT2D eigenvalue weighted by atomic mass is 16.5. The van der Waals surface area contributed by atoms with Gasteiger partial charge in [0.25, 0.3) is 0 Å². The lowest BCUT2D eigenvalue weighted by atomic mass is 9.89. The molecule has 9 heteroatoms. The summed E-state index contributed by atoms with van der Waals surface area (Å²) >= 11 is 0. The van der Waals surface area contributed by atoms with E-state index in [0.717, 1.165) is 57.1 Å². The number of piperidine rings is 1. The number of aryl methyl sites for hydroxylation is 1. The number of ether oxygens (including phenoxy) is 1. The zero-order valence-corrected chi connectivity index (χ0v) is 28.4. The Kier molecular flexibility index (Phi) is 11.9. The number of rotatable bonds is 10. The molecule has 0 aromatic heterocycles. The van der Waals surface area contributed by atoms with Gasteiger partial charge in [0.2, 0.25) is 17.7 Å². The Hall–Kier alpha value is -3.20. The van der Waals surface area contributed by atoms with E-state index >= 15 is 0 Å². The summed E-state index contributed by atoms with van der Waals surface area (Å²) < 4.78 is 6.04. The Morgan fingerprint density at radius 3 is 2.33 bits per heavy atom. The van der Waals surface area contributed by atoms with E-state index in [9.17, 15) is 19.2 Å². The second-order valence-electron chi connectivity index (χ2n) is 13.9. The van der Waals surface area contributed by atoms with Crippen LogP contribution in [0.25, 0.3) is 0 Å². The first-order valence-electron chi connectivity index (χ1n) is 17.0. The Balaban J connectivity index is 1.44. The third-order valence-electron chi connectivity index (χ3n) is 9.90. The summed E-state index contributed by atoms with van der Waals surface area (Å²) in [6.45, 7) is 11.0. The van der Waals surface area contributed by atoms with Crippen LogP contribution in [0.15, 0.2) is 35.9 Å². The molecule has 2 heterocycles. The van der Waals surface area contributed by atoms with Crippen LogP contribution in [-0.4, -0.2) is 89.7 Å². The number of carbonyl (C=O) groups excluding carboxylic acids is 4. The minimum Gasteiger partial charge on any atom is -0.456 e. The normalized spacial score (nSPS) is 23.8. The van der Waals surface area contributed by atoms with Gasteiger partial charge in [-0.25, -0.2) is 4.79 Å². The fraction of sp³-hybridized carbons (Fsp3) is 0.667. The molecule has 0 spiro atoms. The van der Waals surface area contributed by atoms with Crippen LogP contribution in [-0.2, 0) is 30.3 Å². The average Bonchev–Trinajstić information content (AvgIpc) is 3.51. The molecule has 2 fully saturated rings. The number of hydrogen-bond donors (Lipinski definition) is 1. The van der Waals surface area contributed by atoms with Gasteiger partial charge in [-0.15, -0.1) is 0 Å². The van der Waals surface area contributed by atoms with Gasteiger partial charge >= 0.3 is 5.97 Å². The smallest absolute Gasteiger partial charge is 0.329 e. The monoisotopic (exact) mass is 622 g/mol. The van der Waals surface area contributed by atoms with Gasteiger partial charge in [-0.05, 0) is 88.4 Å². The molecule has 4 rings (SSSR count). The molecular formula is C36H54N4O5. The third kappa shape index (κ3) is 8.15. The summed E-state index contributed by atoms with van der Waals surface area (Å²) in [4.78, 5) is 59.7. The molecule has 1 aliphatic carbocycles. The molecule has 3 amide bonds. The predicted octanol–water partition coefficient (Wildman–Crippen LogP) is 4.65. The van der Waals surface area contributed by atoms with E-state index in [4.69, 9.17) is 4.74 Å². The number of amides is 3. The molecule has 3 aliphatic rings. The van der Waals surface area contributed by atoms with E-state index in [0.29, 0.717) is 18.5 Å². The molecule has 248 valence electrons. The van der Waals surface area contributed by atoms with Crippen molar-refractivity contribution in [2.45, 2.75) is 116 Å². The molecular weight excluding hydrogens is 568 g/mol. The highest BCUT2D eigenvalue weighted by molar-refractivity contribution is 5.96. The Morgan fingerprint density at radius 1 is 0.933 bits per heavy atom. The first-order valence-corrected chi connectivity index (χ1v) is 17.0. The number of esters is 1. The first-order chi connectivity index (χ1) is 21.4. The minimum absolute atomic E-state index is 0.0143. The number of carbonyl (C=O) groups is 4. The van der Waals surface area contributed by atoms with E-state index < -0.39 is 12.1 Å². The number of likely N-dealkylation sites (tertiary alicyclic amines) is 2. The summed E-state index contributed by atoms with van der Waals surface area (Å²) in [5.41, 5.74) is 2.78. The number of nitrogens with zero attached hydrogens (tertiary/aromatic N) is 3. The molecule has 5 atom stereocenters. The molecule has 0 bridgehead atoms. The van der Waals surface area contributed by atoms with Crippen molar-refractivity contribution >= 4 is 23.7 Å². The fourth-order valence-corrected chi connectivity index (χ4v) is 7.15. The lowest BCUT2D eigenvalue weighted by Gasteiger charge is -2.36. The molecule has 9 nitrogen and oxygen atoms in total. The topological polar surface area (TPSA) is 99.3 Å². The molecule has 1 N–H and O–H groups in total. The van der Waals surface area contributed by atoms with Gasteiger partial charge in [0.1, 0.15) is 18.2 Å². The van der Waals surface area contributed by atoms with Crippen LogP contribution < -0.4 is 5.32 Å². The van der Waals surface area contributed by atoms with E-state index in [-0.39, 0.29) is 53.7 Å². The summed E-state index contributed by atoms with van der Waals surface area (Å²) in [5.74, 6) is -0.932. The van der Waals surface area contributed by atoms with Crippen molar-refractivity contribution in [2.24, 2.45) is 11.8 Å². The van der Waals surface area contributed by atoms with E-state index in [1.165, 1.54) is 5.56 Å². The van der Waals surface area contributed by atoms with Crippen LogP contribution in [0.1, 0.15) is 96.8 Å². The van der Waals surface area contributed by atoms with Gasteiger partial charge in [-0.3, -0.25) is 19.3 Å². The second-order valence-corrected chi connectivity index (χ2v) is 13.9. The lowest BCUT2D eigenvalue weighted by molar-refractivity contribution is -0.158. The minimum atomic E-state index is -0.675. The molecule has 2 aliphatic heterocycles. The van der Waals surface area contributed by atoms with Crippen molar-refractivity contribution in [3.63, 3.8) is 0 Å². The van der Waals surface area contributed by atoms with Crippen molar-refractivity contribution in [1.29, 1.82) is 0 Å². The number of benzene rings is 1. The first kappa shape index (κ1) is 34.7. The summed E-state index contributed by atoms with van der Waals surface area (Å²) in [7, 11) is 3.70. The van der Waals surface area contributed by atoms with Crippen LogP contribution in [0.3, 0.4) is 0 Å². The van der Waals surface area contributed by atoms with E-state index in [2.05, 4.69) is 16.3 Å². The number of nitrogens with one attached hydrogen (secondary N) is 1. The van der Waals surface area contributed by atoms with Crippen LogP contribution >= 0.6 is 0 Å². The molecule has 45 heavy (non-hydrogen) atoms. The summed E-state index contributed by atoms with van der Waals surface area (Å²) in [6, 6.07) is 6.22. The zero-order chi connectivity index (χ0) is 32.8. The summed E-state index contributed by atoms with van der Waals surface area (Å²) in [6.07, 6.45) is 8.46. The third-order valence-corrected chi connectivity index (χ3v) is 9.90. The Labute approximate surface area is 269 Å². The van der Waals surface area contributed by atoms with E-state index in [1.54, 1.807) is 23.8 Å². The Morgan fingerprint density at radius 2 is 1.64 bits per heavy atom. The highest BCUT2D eigenvalue weighted by Crippen LogP contribution is 2.34. The molecule has 2 saturated heterocycles. The quantitative estimate of drug-likeness (QED) is 0.301. The molecule has 1 aromatic rings. The highest BCUT2D eigenvalue weighted by Gasteiger charge is 2.39. The van der Waals surface area contributed by atoms with Crippen molar-refractivity contribution in [3.05, 3.63) is 47.0 Å². The SMILES string of the molecule is C/C(=C\[C@H](C(C)C)N(C)C(=O)[C@@H](NC(=O)[C@H]1CCCCN1C)C(C)C)C(=O)N1CCC[C@H]1C(=O)O[C@H]1CCCc2ccccc21. The van der Waals surface area contributed by atoms with Gasteiger partial charge in [-0.1, -0.05) is 64.5 Å². The Bertz CT molecular complexity index is 1260. The maximum absolute atomic E-state index is 13.9. The van der Waals surface area contributed by atoms with Crippen molar-refractivity contribution in [3.8, 4) is 0 Å². The standard InChI is InChI=1S/C36H54N4O5/c1-23(2)30(39(7)35(43)32(24(3)4)37-33(41)28-17-10-11-20-38(28)6)22-25(5)34(42)40-21-13-18-29(40)36(44)45-31-19-12-15-26-14-8-9-16-27(26)31/h8-9,14,16,22-24,28-32H,10-13,15,17-21H2,1-7H3,(H,37,41)/b25-22+/t28-,29+,30-,31+,32+/m1/s1. The maximum Gasteiger partial charge on any atom is 0.329 e. The van der Waals surface area contributed by atoms with Crippen LogP contribution in [0.4, 0.5) is 0 Å². The van der Waals surface area contributed by atoms with Crippen LogP contribution in [0.2, 0.25) is 0 Å². The second kappa shape index (κ2) is 15.4. The molecule has 0 saturated carbocycles. The van der Waals surface area contributed by atoms with Crippen molar-refractivity contribution in [2.75, 3.05) is 27.2 Å². The van der Waals surface area contributed by atoms with Gasteiger partial charge in [0.05, 0.1) is 12.1 Å².